The molecule has 6 nitrogen and oxygen atoms in total. The molecule has 0 bridgehead atoms. The normalized spacial score (nSPS) is 11.2. The molecule has 0 fully saturated rings. The molecule has 0 saturated heterocycles. The van der Waals surface area contributed by atoms with Crippen molar-refractivity contribution in [2.75, 3.05) is 5.75 Å². The van der Waals surface area contributed by atoms with Crippen LogP contribution in [0.3, 0.4) is 0 Å². The Hall–Kier alpha value is -3.71. The Bertz CT molecular complexity index is 1270. The molecule has 0 aliphatic heterocycles. The standard InChI is InChI=1S/C25H22N4O2S/c26-25(32-17-20(30)15-18-9-3-1-4-10-18)28-27-23-21-13-7-8-14-22(21)29(24(23)31)16-19-11-5-2-6-12-19/h1-14,26,31H,15-17H2. The number of nitrogens with one attached hydrogen (secondary N) is 1. The van der Waals surface area contributed by atoms with Gasteiger partial charge in [0, 0.05) is 11.8 Å². The van der Waals surface area contributed by atoms with Crippen molar-refractivity contribution in [2.24, 2.45) is 10.2 Å². The van der Waals surface area contributed by atoms with Crippen molar-refractivity contribution in [2.45, 2.75) is 13.0 Å². The average molecular weight is 443 g/mol. The fourth-order valence-corrected chi connectivity index (χ4v) is 3.94. The summed E-state index contributed by atoms with van der Waals surface area (Å²) in [5.74, 6) is 0.161. The van der Waals surface area contributed by atoms with E-state index in [1.54, 1.807) is 4.57 Å². The SMILES string of the molecule is N=C(N=Nc1c(O)n(Cc2ccccc2)c2ccccc12)SCC(=O)Cc1ccccc1. The minimum atomic E-state index is -0.0781. The number of nitrogens with zero attached hydrogens (tertiary/aromatic N) is 3. The summed E-state index contributed by atoms with van der Waals surface area (Å²) in [5.41, 5.74) is 3.15. The number of fused-ring (bicyclic) bond motifs is 1. The average Bonchev–Trinajstić information content (AvgIpc) is 3.08. The number of carbonyl (C=O) groups excluding carboxylic acids is 1. The molecule has 0 atom stereocenters. The summed E-state index contributed by atoms with van der Waals surface area (Å²) in [5, 5.41) is 27.7. The van der Waals surface area contributed by atoms with Crippen LogP contribution in [0.1, 0.15) is 11.1 Å². The van der Waals surface area contributed by atoms with Gasteiger partial charge in [0.15, 0.2) is 5.69 Å². The molecular formula is C25H22N4O2S. The summed E-state index contributed by atoms with van der Waals surface area (Å²) >= 11 is 1.03. The van der Waals surface area contributed by atoms with Crippen LogP contribution in [0.15, 0.2) is 95.2 Å². The second kappa shape index (κ2) is 10.1. The number of para-hydroxylation sites is 1. The number of ketones is 1. The van der Waals surface area contributed by atoms with Gasteiger partial charge >= 0.3 is 0 Å². The summed E-state index contributed by atoms with van der Waals surface area (Å²) in [6, 6.07) is 26.9. The first-order chi connectivity index (χ1) is 15.6. The molecule has 1 aromatic heterocycles. The predicted molar refractivity (Wildman–Crippen MR) is 129 cm³/mol. The molecule has 1 heterocycles. The quantitative estimate of drug-likeness (QED) is 0.210. The third-order valence-electron chi connectivity index (χ3n) is 4.96. The van der Waals surface area contributed by atoms with Crippen LogP contribution in [0.5, 0.6) is 5.88 Å². The lowest BCUT2D eigenvalue weighted by Crippen LogP contribution is -2.06. The molecule has 0 saturated carbocycles. The van der Waals surface area contributed by atoms with Gasteiger partial charge in [-0.25, -0.2) is 0 Å². The first-order valence-electron chi connectivity index (χ1n) is 10.1. The van der Waals surface area contributed by atoms with Crippen molar-refractivity contribution in [1.29, 1.82) is 5.41 Å². The number of carbonyl (C=O) groups is 1. The Morgan fingerprint density at radius 3 is 2.25 bits per heavy atom. The molecular weight excluding hydrogens is 420 g/mol. The van der Waals surface area contributed by atoms with Crippen molar-refractivity contribution in [3.05, 3.63) is 96.1 Å². The van der Waals surface area contributed by atoms with Crippen LogP contribution in [-0.4, -0.2) is 26.4 Å². The van der Waals surface area contributed by atoms with E-state index in [2.05, 4.69) is 10.2 Å². The van der Waals surface area contributed by atoms with E-state index >= 15 is 0 Å². The number of hydrogen-bond acceptors (Lipinski definition) is 5. The van der Waals surface area contributed by atoms with Gasteiger partial charge in [-0.05, 0) is 17.2 Å². The van der Waals surface area contributed by atoms with Crippen molar-refractivity contribution in [3.63, 3.8) is 0 Å². The molecule has 4 rings (SSSR count). The monoisotopic (exact) mass is 442 g/mol. The number of thioether (sulfide) groups is 1. The molecule has 0 amide bonds. The van der Waals surface area contributed by atoms with Crippen LogP contribution in [0, 0.1) is 5.41 Å². The lowest BCUT2D eigenvalue weighted by Gasteiger charge is -2.06. The molecule has 4 aromatic rings. The molecule has 7 heteroatoms. The number of aromatic hydroxyl groups is 1. The van der Waals surface area contributed by atoms with E-state index in [0.29, 0.717) is 18.7 Å². The summed E-state index contributed by atoms with van der Waals surface area (Å²) < 4.78 is 1.78. The Balaban J connectivity index is 1.47. The van der Waals surface area contributed by atoms with Crippen LogP contribution in [-0.2, 0) is 17.8 Å². The van der Waals surface area contributed by atoms with Crippen molar-refractivity contribution >= 4 is 39.3 Å². The molecule has 3 aromatic carbocycles. The number of benzene rings is 3. The van der Waals surface area contributed by atoms with Gasteiger partial charge in [-0.3, -0.25) is 10.2 Å². The highest BCUT2D eigenvalue weighted by Crippen LogP contribution is 2.39. The second-order valence-corrected chi connectivity index (χ2v) is 8.22. The number of rotatable bonds is 7. The zero-order valence-corrected chi connectivity index (χ0v) is 18.1. The van der Waals surface area contributed by atoms with Gasteiger partial charge in [-0.1, -0.05) is 90.6 Å². The highest BCUT2D eigenvalue weighted by Gasteiger charge is 2.17. The van der Waals surface area contributed by atoms with Gasteiger partial charge in [-0.2, -0.15) is 0 Å². The topological polar surface area (TPSA) is 90.8 Å². The van der Waals surface area contributed by atoms with Crippen LogP contribution >= 0.6 is 11.8 Å². The number of amidine groups is 1. The minimum absolute atomic E-state index is 0.00300. The molecule has 0 spiro atoms. The van der Waals surface area contributed by atoms with Crippen LogP contribution in [0.2, 0.25) is 0 Å². The number of azo groups is 1. The van der Waals surface area contributed by atoms with Gasteiger partial charge < -0.3 is 9.67 Å². The molecule has 32 heavy (non-hydrogen) atoms. The number of aromatic nitrogens is 1. The smallest absolute Gasteiger partial charge is 0.221 e. The summed E-state index contributed by atoms with van der Waals surface area (Å²) in [4.78, 5) is 12.2. The Labute approximate surface area is 190 Å². The van der Waals surface area contributed by atoms with Crippen LogP contribution < -0.4 is 0 Å². The van der Waals surface area contributed by atoms with E-state index in [-0.39, 0.29) is 22.6 Å². The van der Waals surface area contributed by atoms with Crippen molar-refractivity contribution < 1.29 is 9.90 Å². The highest BCUT2D eigenvalue weighted by molar-refractivity contribution is 8.14. The van der Waals surface area contributed by atoms with E-state index in [1.165, 1.54) is 0 Å². The fourth-order valence-electron chi connectivity index (χ4n) is 3.44. The van der Waals surface area contributed by atoms with E-state index in [1.807, 2.05) is 84.9 Å². The number of hydrogen-bond donors (Lipinski definition) is 2. The lowest BCUT2D eigenvalue weighted by atomic mass is 10.1. The first-order valence-corrected chi connectivity index (χ1v) is 11.1. The van der Waals surface area contributed by atoms with Gasteiger partial charge in [0.05, 0.1) is 17.8 Å². The van der Waals surface area contributed by atoms with Gasteiger partial charge in [0.2, 0.25) is 11.0 Å². The minimum Gasteiger partial charge on any atom is -0.493 e. The van der Waals surface area contributed by atoms with Crippen molar-refractivity contribution in [3.8, 4) is 5.88 Å². The molecule has 0 aliphatic carbocycles. The summed E-state index contributed by atoms with van der Waals surface area (Å²) in [7, 11) is 0. The van der Waals surface area contributed by atoms with E-state index < -0.39 is 0 Å². The molecule has 0 aliphatic rings. The predicted octanol–water partition coefficient (Wildman–Crippen LogP) is 5.96. The van der Waals surface area contributed by atoms with Gasteiger partial charge in [0.25, 0.3) is 0 Å². The van der Waals surface area contributed by atoms with E-state index in [4.69, 9.17) is 5.41 Å². The third kappa shape index (κ3) is 5.12. The Morgan fingerprint density at radius 2 is 1.53 bits per heavy atom. The fraction of sp³-hybridized carbons (Fsp3) is 0.120. The lowest BCUT2D eigenvalue weighted by molar-refractivity contribution is -0.115. The largest absolute Gasteiger partial charge is 0.493 e. The van der Waals surface area contributed by atoms with Gasteiger partial charge in [0.1, 0.15) is 5.78 Å². The zero-order valence-electron chi connectivity index (χ0n) is 17.3. The molecule has 0 radical (unpaired) electrons. The maximum Gasteiger partial charge on any atom is 0.221 e. The van der Waals surface area contributed by atoms with Crippen LogP contribution in [0.25, 0.3) is 10.9 Å². The number of Topliss-reactive ketones (excluding diaryl/α,β-unsaturated/α-hetero) is 1. The Kier molecular flexibility index (Phi) is 6.77. The zero-order chi connectivity index (χ0) is 22.3. The third-order valence-corrected chi connectivity index (χ3v) is 5.78. The summed E-state index contributed by atoms with van der Waals surface area (Å²) in [6.07, 6.45) is 0.325. The van der Waals surface area contributed by atoms with Crippen molar-refractivity contribution in [1.82, 2.24) is 4.57 Å². The molecule has 2 N–H and O–H groups in total. The summed E-state index contributed by atoms with van der Waals surface area (Å²) in [6.45, 7) is 0.489. The maximum absolute atomic E-state index is 12.2. The highest BCUT2D eigenvalue weighted by atomic mass is 32.2. The second-order valence-electron chi connectivity index (χ2n) is 7.26. The molecule has 160 valence electrons. The van der Waals surface area contributed by atoms with Gasteiger partial charge in [-0.15, -0.1) is 10.2 Å². The first kappa shape index (κ1) is 21.5. The van der Waals surface area contributed by atoms with E-state index in [9.17, 15) is 9.90 Å². The van der Waals surface area contributed by atoms with E-state index in [0.717, 1.165) is 33.8 Å². The molecule has 0 unspecified atom stereocenters. The van der Waals surface area contributed by atoms with Crippen LogP contribution in [0.4, 0.5) is 5.69 Å². The Morgan fingerprint density at radius 1 is 0.906 bits per heavy atom. The maximum atomic E-state index is 12.2.